The van der Waals surface area contributed by atoms with Gasteiger partial charge in [0, 0.05) is 43.7 Å². The summed E-state index contributed by atoms with van der Waals surface area (Å²) in [5.41, 5.74) is 3.95. The predicted octanol–water partition coefficient (Wildman–Crippen LogP) is 4.89. The molecule has 33 heavy (non-hydrogen) atoms. The molecule has 1 heterocycles. The number of anilines is 2. The zero-order valence-corrected chi connectivity index (χ0v) is 20.2. The zero-order valence-electron chi connectivity index (χ0n) is 20.2. The van der Waals surface area contributed by atoms with Crippen LogP contribution in [0.2, 0.25) is 0 Å². The summed E-state index contributed by atoms with van der Waals surface area (Å²) in [5.74, 6) is 0.367. The average Bonchev–Trinajstić information content (AvgIpc) is 2.83. The van der Waals surface area contributed by atoms with Gasteiger partial charge in [-0.1, -0.05) is 32.4 Å². The van der Waals surface area contributed by atoms with Crippen LogP contribution in [0.1, 0.15) is 65.8 Å². The first-order valence-electron chi connectivity index (χ1n) is 12.1. The second-order valence-corrected chi connectivity index (χ2v) is 8.90. The highest BCUT2D eigenvalue weighted by atomic mass is 16.5. The molecule has 3 rings (SSSR count). The van der Waals surface area contributed by atoms with Crippen molar-refractivity contribution in [3.05, 3.63) is 59.2 Å². The van der Waals surface area contributed by atoms with Gasteiger partial charge in [-0.25, -0.2) is 0 Å². The normalized spacial score (nSPS) is 14.2. The zero-order chi connectivity index (χ0) is 23.6. The Morgan fingerprint density at radius 1 is 1.06 bits per heavy atom. The van der Waals surface area contributed by atoms with Crippen molar-refractivity contribution < 1.29 is 14.3 Å². The van der Waals surface area contributed by atoms with E-state index < -0.39 is 0 Å². The van der Waals surface area contributed by atoms with Crippen molar-refractivity contribution >= 4 is 23.2 Å². The third kappa shape index (κ3) is 7.06. The summed E-state index contributed by atoms with van der Waals surface area (Å²) >= 11 is 0. The number of amides is 2. The maximum absolute atomic E-state index is 13.0. The van der Waals surface area contributed by atoms with Crippen LogP contribution in [0, 0.1) is 5.92 Å². The molecule has 1 saturated heterocycles. The van der Waals surface area contributed by atoms with E-state index in [-0.39, 0.29) is 11.8 Å². The minimum absolute atomic E-state index is 0.156. The number of nitrogens with zero attached hydrogens (tertiary/aromatic N) is 1. The van der Waals surface area contributed by atoms with Crippen molar-refractivity contribution in [1.82, 2.24) is 5.32 Å². The summed E-state index contributed by atoms with van der Waals surface area (Å²) < 4.78 is 5.06. The summed E-state index contributed by atoms with van der Waals surface area (Å²) in [7, 11) is 1.61. The Labute approximate surface area is 197 Å². The number of carbonyl (C=O) groups excluding carboxylic acids is 2. The molecule has 178 valence electrons. The fourth-order valence-corrected chi connectivity index (χ4v) is 4.09. The number of hydrogen-bond acceptors (Lipinski definition) is 4. The van der Waals surface area contributed by atoms with Gasteiger partial charge in [0.25, 0.3) is 11.8 Å². The van der Waals surface area contributed by atoms with Crippen molar-refractivity contribution in [2.45, 2.75) is 46.0 Å². The van der Waals surface area contributed by atoms with Crippen molar-refractivity contribution in [3.63, 3.8) is 0 Å². The van der Waals surface area contributed by atoms with Crippen LogP contribution in [0.15, 0.2) is 42.5 Å². The lowest BCUT2D eigenvalue weighted by Gasteiger charge is -2.33. The van der Waals surface area contributed by atoms with Crippen molar-refractivity contribution in [1.29, 1.82) is 0 Å². The monoisotopic (exact) mass is 451 g/mol. The number of rotatable bonds is 10. The quantitative estimate of drug-likeness (QED) is 0.505. The first-order valence-corrected chi connectivity index (χ1v) is 12.1. The van der Waals surface area contributed by atoms with Gasteiger partial charge in [-0.05, 0) is 67.5 Å². The molecule has 0 unspecified atom stereocenters. The van der Waals surface area contributed by atoms with Gasteiger partial charge in [0.2, 0.25) is 0 Å². The third-order valence-electron chi connectivity index (χ3n) is 6.25. The Hall–Kier alpha value is -2.86. The predicted molar refractivity (Wildman–Crippen MR) is 134 cm³/mol. The summed E-state index contributed by atoms with van der Waals surface area (Å²) in [6, 6.07) is 13.4. The number of methoxy groups -OCH3 is 1. The van der Waals surface area contributed by atoms with Crippen LogP contribution in [0.4, 0.5) is 11.4 Å². The Morgan fingerprint density at radius 2 is 1.79 bits per heavy atom. The van der Waals surface area contributed by atoms with E-state index >= 15 is 0 Å². The third-order valence-corrected chi connectivity index (χ3v) is 6.25. The van der Waals surface area contributed by atoms with Crippen LogP contribution in [-0.4, -0.2) is 45.2 Å². The maximum atomic E-state index is 13.0. The second kappa shape index (κ2) is 12.4. The molecule has 0 aliphatic carbocycles. The van der Waals surface area contributed by atoms with E-state index in [0.717, 1.165) is 50.9 Å². The smallest absolute Gasteiger partial charge is 0.255 e. The van der Waals surface area contributed by atoms with Crippen LogP contribution < -0.4 is 15.5 Å². The van der Waals surface area contributed by atoms with Crippen LogP contribution in [0.3, 0.4) is 0 Å². The molecule has 0 aromatic heterocycles. The van der Waals surface area contributed by atoms with Crippen molar-refractivity contribution in [3.8, 4) is 0 Å². The highest BCUT2D eigenvalue weighted by Gasteiger charge is 2.22. The van der Waals surface area contributed by atoms with E-state index in [9.17, 15) is 9.59 Å². The van der Waals surface area contributed by atoms with Crippen LogP contribution >= 0.6 is 0 Å². The highest BCUT2D eigenvalue weighted by Crippen LogP contribution is 2.29. The molecule has 1 aliphatic rings. The standard InChI is InChI=1S/C27H37N3O3/c1-4-5-6-21-7-9-22(10-8-21)26(31)29-23-11-12-25(30-16-13-20(2)14-17-30)24(19-23)27(32)28-15-18-33-3/h7-12,19-20H,4-6,13-18H2,1-3H3,(H,28,32)(H,29,31). The minimum atomic E-state index is -0.178. The van der Waals surface area contributed by atoms with Gasteiger partial charge in [0.1, 0.15) is 0 Å². The molecule has 0 radical (unpaired) electrons. The number of ether oxygens (including phenoxy) is 1. The van der Waals surface area contributed by atoms with Crippen molar-refractivity contribution in [2.75, 3.05) is 43.6 Å². The molecular weight excluding hydrogens is 414 g/mol. The second-order valence-electron chi connectivity index (χ2n) is 8.90. The largest absolute Gasteiger partial charge is 0.383 e. The number of aryl methyl sites for hydroxylation is 1. The molecule has 2 aromatic rings. The average molecular weight is 452 g/mol. The molecule has 0 bridgehead atoms. The lowest BCUT2D eigenvalue weighted by Crippen LogP contribution is -2.35. The van der Waals surface area contributed by atoms with Crippen LogP contribution in [0.5, 0.6) is 0 Å². The Morgan fingerprint density at radius 3 is 2.45 bits per heavy atom. The minimum Gasteiger partial charge on any atom is -0.383 e. The summed E-state index contributed by atoms with van der Waals surface area (Å²) in [4.78, 5) is 28.1. The first kappa shape index (κ1) is 24.8. The first-order chi connectivity index (χ1) is 16.0. The van der Waals surface area contributed by atoms with E-state index in [4.69, 9.17) is 4.74 Å². The fraction of sp³-hybridized carbons (Fsp3) is 0.481. The summed E-state index contributed by atoms with van der Waals surface area (Å²) in [5, 5.41) is 5.88. The molecule has 2 N–H and O–H groups in total. The number of unbranched alkanes of at least 4 members (excludes halogenated alkanes) is 1. The lowest BCUT2D eigenvalue weighted by atomic mass is 9.97. The van der Waals surface area contributed by atoms with Crippen LogP contribution in [-0.2, 0) is 11.2 Å². The van der Waals surface area contributed by atoms with E-state index in [1.807, 2.05) is 36.4 Å². The van der Waals surface area contributed by atoms with Crippen molar-refractivity contribution in [2.24, 2.45) is 5.92 Å². The van der Waals surface area contributed by atoms with Gasteiger partial charge in [0.05, 0.1) is 12.2 Å². The van der Waals surface area contributed by atoms with E-state index in [1.54, 1.807) is 13.2 Å². The number of carbonyl (C=O) groups is 2. The van der Waals surface area contributed by atoms with Gasteiger partial charge in [-0.2, -0.15) is 0 Å². The molecule has 0 atom stereocenters. The van der Waals surface area contributed by atoms with E-state index in [1.165, 1.54) is 5.56 Å². The molecule has 0 spiro atoms. The van der Waals surface area contributed by atoms with Gasteiger partial charge in [-0.15, -0.1) is 0 Å². The van der Waals surface area contributed by atoms with Gasteiger partial charge in [0.15, 0.2) is 0 Å². The van der Waals surface area contributed by atoms with Crippen LogP contribution in [0.25, 0.3) is 0 Å². The molecule has 6 heteroatoms. The molecular formula is C27H37N3O3. The number of hydrogen-bond donors (Lipinski definition) is 2. The molecule has 1 aliphatic heterocycles. The maximum Gasteiger partial charge on any atom is 0.255 e. The van der Waals surface area contributed by atoms with Gasteiger partial charge in [-0.3, -0.25) is 9.59 Å². The topological polar surface area (TPSA) is 70.7 Å². The Kier molecular flexibility index (Phi) is 9.31. The van der Waals surface area contributed by atoms with Gasteiger partial charge < -0.3 is 20.3 Å². The Bertz CT molecular complexity index is 919. The Balaban J connectivity index is 1.76. The molecule has 2 aromatic carbocycles. The summed E-state index contributed by atoms with van der Waals surface area (Å²) in [6.07, 6.45) is 5.53. The number of piperidine rings is 1. The summed E-state index contributed by atoms with van der Waals surface area (Å²) in [6.45, 7) is 7.18. The van der Waals surface area contributed by atoms with E-state index in [0.29, 0.717) is 35.9 Å². The number of benzene rings is 2. The highest BCUT2D eigenvalue weighted by molar-refractivity contribution is 6.06. The molecule has 6 nitrogen and oxygen atoms in total. The van der Waals surface area contributed by atoms with Gasteiger partial charge >= 0.3 is 0 Å². The number of nitrogens with one attached hydrogen (secondary N) is 2. The molecule has 0 saturated carbocycles. The van der Waals surface area contributed by atoms with E-state index in [2.05, 4.69) is 29.4 Å². The SMILES string of the molecule is CCCCc1ccc(C(=O)Nc2ccc(N3CCC(C)CC3)c(C(=O)NCCOC)c2)cc1. The lowest BCUT2D eigenvalue weighted by molar-refractivity contribution is 0.0936. The molecule has 2 amide bonds. The fourth-order valence-electron chi connectivity index (χ4n) is 4.09. The molecule has 1 fully saturated rings.